The lowest BCUT2D eigenvalue weighted by Crippen LogP contribution is -2.30. The molecule has 0 aliphatic carbocycles. The van der Waals surface area contributed by atoms with Crippen molar-refractivity contribution in [1.82, 2.24) is 10.3 Å². The molecule has 1 aromatic heterocycles. The number of hydrogen-bond acceptors (Lipinski definition) is 3. The molecule has 1 aromatic rings. The highest BCUT2D eigenvalue weighted by Crippen LogP contribution is 2.11. The third-order valence-corrected chi connectivity index (χ3v) is 2.86. The number of terminal acetylenes is 1. The monoisotopic (exact) mass is 246 g/mol. The van der Waals surface area contributed by atoms with E-state index < -0.39 is 0 Å². The number of likely N-dealkylation sites (N-methyl/N-ethyl adjacent to an activating group) is 1. The summed E-state index contributed by atoms with van der Waals surface area (Å²) in [5.74, 6) is 3.35. The summed E-state index contributed by atoms with van der Waals surface area (Å²) >= 11 is 0. The van der Waals surface area contributed by atoms with Gasteiger partial charge in [0.25, 0.3) is 0 Å². The van der Waals surface area contributed by atoms with Crippen LogP contribution in [0.2, 0.25) is 0 Å². The van der Waals surface area contributed by atoms with Gasteiger partial charge < -0.3 is 10.1 Å². The molecule has 0 aromatic carbocycles. The maximum Gasteiger partial charge on any atom is 0.212 e. The maximum atomic E-state index is 5.28. The van der Waals surface area contributed by atoms with Gasteiger partial charge in [-0.25, -0.2) is 4.98 Å². The van der Waals surface area contributed by atoms with Gasteiger partial charge in [-0.3, -0.25) is 0 Å². The Hall–Kier alpha value is -1.53. The first-order chi connectivity index (χ1) is 8.80. The SMILES string of the molecule is C#CCCCC(Cc1ccc(OC)nc1)NCC. The normalized spacial score (nSPS) is 11.8. The number of rotatable bonds is 8. The van der Waals surface area contributed by atoms with Crippen LogP contribution in [0.5, 0.6) is 5.88 Å². The fourth-order valence-corrected chi connectivity index (χ4v) is 1.95. The van der Waals surface area contributed by atoms with Crippen LogP contribution in [0.1, 0.15) is 31.7 Å². The number of aromatic nitrogens is 1. The molecule has 1 N–H and O–H groups in total. The molecule has 0 fully saturated rings. The second-order valence-electron chi connectivity index (χ2n) is 4.26. The highest BCUT2D eigenvalue weighted by molar-refractivity contribution is 5.18. The van der Waals surface area contributed by atoms with Crippen molar-refractivity contribution in [3.05, 3.63) is 23.9 Å². The molecule has 0 bridgehead atoms. The largest absolute Gasteiger partial charge is 0.481 e. The van der Waals surface area contributed by atoms with E-state index in [1.165, 1.54) is 5.56 Å². The molecule has 18 heavy (non-hydrogen) atoms. The highest BCUT2D eigenvalue weighted by atomic mass is 16.5. The van der Waals surface area contributed by atoms with E-state index in [1.807, 2.05) is 12.3 Å². The summed E-state index contributed by atoms with van der Waals surface area (Å²) in [4.78, 5) is 4.22. The molecule has 3 nitrogen and oxygen atoms in total. The fourth-order valence-electron chi connectivity index (χ4n) is 1.95. The number of pyridine rings is 1. The van der Waals surface area contributed by atoms with E-state index in [0.717, 1.165) is 32.2 Å². The van der Waals surface area contributed by atoms with Gasteiger partial charge >= 0.3 is 0 Å². The lowest BCUT2D eigenvalue weighted by Gasteiger charge is -2.17. The van der Waals surface area contributed by atoms with E-state index in [4.69, 9.17) is 11.2 Å². The Labute approximate surface area is 110 Å². The zero-order valence-electron chi connectivity index (χ0n) is 11.3. The van der Waals surface area contributed by atoms with Gasteiger partial charge in [0.15, 0.2) is 0 Å². The van der Waals surface area contributed by atoms with Crippen molar-refractivity contribution in [1.29, 1.82) is 0 Å². The minimum atomic E-state index is 0.471. The van der Waals surface area contributed by atoms with E-state index in [2.05, 4.69) is 29.2 Å². The van der Waals surface area contributed by atoms with Crippen LogP contribution in [-0.2, 0) is 6.42 Å². The number of unbranched alkanes of at least 4 members (excludes halogenated alkanes) is 1. The molecule has 0 aliphatic rings. The Kier molecular flexibility index (Phi) is 6.90. The molecule has 0 spiro atoms. The highest BCUT2D eigenvalue weighted by Gasteiger charge is 2.08. The summed E-state index contributed by atoms with van der Waals surface area (Å²) in [6.07, 6.45) is 11.2. The quantitative estimate of drug-likeness (QED) is 0.565. The predicted octanol–water partition coefficient (Wildman–Crippen LogP) is 2.41. The fraction of sp³-hybridized carbons (Fsp3) is 0.533. The van der Waals surface area contributed by atoms with E-state index in [-0.39, 0.29) is 0 Å². The molecule has 0 amide bonds. The summed E-state index contributed by atoms with van der Waals surface area (Å²) < 4.78 is 5.05. The number of nitrogens with one attached hydrogen (secondary N) is 1. The Morgan fingerprint density at radius 1 is 1.50 bits per heavy atom. The van der Waals surface area contributed by atoms with Gasteiger partial charge in [0.1, 0.15) is 0 Å². The molecule has 0 saturated heterocycles. The minimum absolute atomic E-state index is 0.471. The van der Waals surface area contributed by atoms with Gasteiger partial charge in [0, 0.05) is 24.7 Å². The Bertz CT molecular complexity index is 367. The maximum absolute atomic E-state index is 5.28. The second-order valence-corrected chi connectivity index (χ2v) is 4.26. The van der Waals surface area contributed by atoms with Crippen LogP contribution >= 0.6 is 0 Å². The van der Waals surface area contributed by atoms with E-state index in [9.17, 15) is 0 Å². The molecule has 1 unspecified atom stereocenters. The standard InChI is InChI=1S/C15H22N2O/c1-4-6-7-8-14(16-5-2)11-13-9-10-15(18-3)17-12-13/h1,9-10,12,14,16H,5-8,11H2,2-3H3. The zero-order chi connectivity index (χ0) is 13.2. The molecule has 3 heteroatoms. The first-order valence-corrected chi connectivity index (χ1v) is 6.46. The van der Waals surface area contributed by atoms with E-state index in [1.54, 1.807) is 7.11 Å². The minimum Gasteiger partial charge on any atom is -0.481 e. The second kappa shape index (κ2) is 8.54. The third-order valence-electron chi connectivity index (χ3n) is 2.86. The van der Waals surface area contributed by atoms with Crippen molar-refractivity contribution in [3.8, 4) is 18.2 Å². The van der Waals surface area contributed by atoms with Crippen LogP contribution in [0.25, 0.3) is 0 Å². The van der Waals surface area contributed by atoms with Crippen LogP contribution in [-0.4, -0.2) is 24.7 Å². The summed E-state index contributed by atoms with van der Waals surface area (Å²) in [7, 11) is 1.63. The molecular formula is C15H22N2O. The van der Waals surface area contributed by atoms with Crippen LogP contribution in [0, 0.1) is 12.3 Å². The zero-order valence-corrected chi connectivity index (χ0v) is 11.3. The molecule has 0 aliphatic heterocycles. The van der Waals surface area contributed by atoms with Crippen LogP contribution < -0.4 is 10.1 Å². The molecule has 0 radical (unpaired) electrons. The first-order valence-electron chi connectivity index (χ1n) is 6.46. The summed E-state index contributed by atoms with van der Waals surface area (Å²) in [5, 5.41) is 3.49. The topological polar surface area (TPSA) is 34.1 Å². The predicted molar refractivity (Wildman–Crippen MR) is 74.6 cm³/mol. The summed E-state index contributed by atoms with van der Waals surface area (Å²) in [6, 6.07) is 4.44. The first kappa shape index (κ1) is 14.5. The van der Waals surface area contributed by atoms with Gasteiger partial charge in [-0.05, 0) is 31.4 Å². The van der Waals surface area contributed by atoms with Crippen LogP contribution in [0.15, 0.2) is 18.3 Å². The van der Waals surface area contributed by atoms with Gasteiger partial charge in [-0.1, -0.05) is 13.0 Å². The van der Waals surface area contributed by atoms with E-state index >= 15 is 0 Å². The number of ether oxygens (including phenoxy) is 1. The molecule has 1 heterocycles. The number of methoxy groups -OCH3 is 1. The molecular weight excluding hydrogens is 224 g/mol. The van der Waals surface area contributed by atoms with Crippen molar-refractivity contribution >= 4 is 0 Å². The van der Waals surface area contributed by atoms with Gasteiger partial charge in [0.2, 0.25) is 5.88 Å². The van der Waals surface area contributed by atoms with Gasteiger partial charge in [-0.2, -0.15) is 0 Å². The van der Waals surface area contributed by atoms with Crippen LogP contribution in [0.4, 0.5) is 0 Å². The number of nitrogens with zero attached hydrogens (tertiary/aromatic N) is 1. The average Bonchev–Trinajstić information content (AvgIpc) is 2.40. The number of hydrogen-bond donors (Lipinski definition) is 1. The van der Waals surface area contributed by atoms with Crippen molar-refractivity contribution in [2.45, 2.75) is 38.6 Å². The van der Waals surface area contributed by atoms with Crippen molar-refractivity contribution < 1.29 is 4.74 Å². The van der Waals surface area contributed by atoms with Crippen LogP contribution in [0.3, 0.4) is 0 Å². The average molecular weight is 246 g/mol. The third kappa shape index (κ3) is 5.20. The lowest BCUT2D eigenvalue weighted by atomic mass is 10.0. The van der Waals surface area contributed by atoms with Crippen molar-refractivity contribution in [2.24, 2.45) is 0 Å². The molecule has 0 saturated carbocycles. The van der Waals surface area contributed by atoms with Gasteiger partial charge in [0.05, 0.1) is 7.11 Å². The van der Waals surface area contributed by atoms with Crippen molar-refractivity contribution in [2.75, 3.05) is 13.7 Å². The van der Waals surface area contributed by atoms with Gasteiger partial charge in [-0.15, -0.1) is 12.3 Å². The van der Waals surface area contributed by atoms with Crippen molar-refractivity contribution in [3.63, 3.8) is 0 Å². The summed E-state index contributed by atoms with van der Waals surface area (Å²) in [5.41, 5.74) is 1.22. The van der Waals surface area contributed by atoms with E-state index in [0.29, 0.717) is 11.9 Å². The Morgan fingerprint density at radius 3 is 2.89 bits per heavy atom. The molecule has 1 rings (SSSR count). The Balaban J connectivity index is 2.50. The smallest absolute Gasteiger partial charge is 0.212 e. The lowest BCUT2D eigenvalue weighted by molar-refractivity contribution is 0.397. The Morgan fingerprint density at radius 2 is 2.33 bits per heavy atom. The molecule has 98 valence electrons. The molecule has 1 atom stereocenters. The summed E-state index contributed by atoms with van der Waals surface area (Å²) in [6.45, 7) is 3.10.